The van der Waals surface area contributed by atoms with Gasteiger partial charge in [0.2, 0.25) is 11.8 Å². The van der Waals surface area contributed by atoms with Gasteiger partial charge in [0.25, 0.3) is 5.91 Å². The van der Waals surface area contributed by atoms with Crippen LogP contribution in [0.3, 0.4) is 0 Å². The Labute approximate surface area is 162 Å². The number of hydrogen-bond donors (Lipinski definition) is 4. The Balaban J connectivity index is 2.20. The van der Waals surface area contributed by atoms with Gasteiger partial charge in [0, 0.05) is 6.07 Å². The van der Waals surface area contributed by atoms with Crippen molar-refractivity contribution in [2.75, 3.05) is 17.2 Å². The Morgan fingerprint density at radius 2 is 1.93 bits per heavy atom. The van der Waals surface area contributed by atoms with E-state index in [0.717, 1.165) is 0 Å². The second kappa shape index (κ2) is 9.03. The van der Waals surface area contributed by atoms with E-state index in [1.54, 1.807) is 6.92 Å². The number of hydrogen-bond acceptors (Lipinski definition) is 8. The number of nitrogens with zero attached hydrogens (tertiary/aromatic N) is 3. The maximum Gasteiger partial charge on any atom is 0.422 e. The zero-order valence-electron chi connectivity index (χ0n) is 15.2. The van der Waals surface area contributed by atoms with Crippen LogP contribution in [0.15, 0.2) is 24.5 Å². The van der Waals surface area contributed by atoms with Gasteiger partial charge in [-0.3, -0.25) is 9.59 Å². The average molecular weight is 413 g/mol. The summed E-state index contributed by atoms with van der Waals surface area (Å²) >= 11 is 0. The summed E-state index contributed by atoms with van der Waals surface area (Å²) in [5.74, 6) is -1.60. The highest BCUT2D eigenvalue weighted by molar-refractivity contribution is 5.96. The number of carbonyl (C=O) groups excluding carboxylic acids is 2. The molecule has 0 saturated carbocycles. The van der Waals surface area contributed by atoms with Crippen molar-refractivity contribution < 1.29 is 27.5 Å². The SMILES string of the molecule is CC[C@@H](Nc1cnc(C(N)=O)c(Nc2ccc(OCC(F)(F)F)nc2)n1)C(N)=O. The molecule has 0 bridgehead atoms. The second-order valence-corrected chi connectivity index (χ2v) is 5.74. The number of pyridine rings is 1. The van der Waals surface area contributed by atoms with Crippen LogP contribution in [0.25, 0.3) is 0 Å². The lowest BCUT2D eigenvalue weighted by molar-refractivity contribution is -0.154. The summed E-state index contributed by atoms with van der Waals surface area (Å²) in [6.07, 6.45) is -1.71. The summed E-state index contributed by atoms with van der Waals surface area (Å²) in [6.45, 7) is 0.261. The predicted molar refractivity (Wildman–Crippen MR) is 96.5 cm³/mol. The molecular formula is C16H18F3N7O3. The number of halogens is 3. The van der Waals surface area contributed by atoms with Crippen LogP contribution in [0.2, 0.25) is 0 Å². The van der Waals surface area contributed by atoms with Crippen molar-refractivity contribution in [2.45, 2.75) is 25.6 Å². The van der Waals surface area contributed by atoms with Gasteiger partial charge < -0.3 is 26.8 Å². The quantitative estimate of drug-likeness (QED) is 0.479. The fraction of sp³-hybridized carbons (Fsp3) is 0.312. The Morgan fingerprint density at radius 1 is 1.21 bits per heavy atom. The third kappa shape index (κ3) is 6.48. The summed E-state index contributed by atoms with van der Waals surface area (Å²) in [5, 5.41) is 5.52. The van der Waals surface area contributed by atoms with Gasteiger partial charge in [0.15, 0.2) is 18.1 Å². The first-order chi connectivity index (χ1) is 13.6. The van der Waals surface area contributed by atoms with E-state index in [0.29, 0.717) is 6.42 Å². The number of aromatic nitrogens is 3. The van der Waals surface area contributed by atoms with Crippen LogP contribution in [-0.2, 0) is 4.79 Å². The predicted octanol–water partition coefficient (Wildman–Crippen LogP) is 1.33. The highest BCUT2D eigenvalue weighted by Gasteiger charge is 2.28. The molecule has 6 N–H and O–H groups in total. The number of carbonyl (C=O) groups is 2. The number of primary amides is 2. The zero-order chi connectivity index (χ0) is 21.6. The molecule has 0 spiro atoms. The number of anilines is 3. The molecule has 156 valence electrons. The third-order valence-electron chi connectivity index (χ3n) is 3.46. The van der Waals surface area contributed by atoms with Crippen LogP contribution in [0.5, 0.6) is 5.88 Å². The van der Waals surface area contributed by atoms with E-state index in [1.807, 2.05) is 0 Å². The Hall–Kier alpha value is -3.64. The Morgan fingerprint density at radius 3 is 2.45 bits per heavy atom. The first kappa shape index (κ1) is 21.7. The molecule has 2 heterocycles. The molecule has 0 aliphatic heterocycles. The van der Waals surface area contributed by atoms with E-state index in [2.05, 4.69) is 30.3 Å². The maximum atomic E-state index is 12.2. The van der Waals surface area contributed by atoms with Crippen molar-refractivity contribution in [2.24, 2.45) is 11.5 Å². The van der Waals surface area contributed by atoms with E-state index in [9.17, 15) is 22.8 Å². The number of amides is 2. The van der Waals surface area contributed by atoms with Gasteiger partial charge in [0.05, 0.1) is 18.1 Å². The van der Waals surface area contributed by atoms with E-state index in [-0.39, 0.29) is 28.9 Å². The highest BCUT2D eigenvalue weighted by Crippen LogP contribution is 2.22. The molecule has 2 rings (SSSR count). The van der Waals surface area contributed by atoms with E-state index in [1.165, 1.54) is 24.5 Å². The van der Waals surface area contributed by atoms with Crippen LogP contribution in [0, 0.1) is 0 Å². The molecule has 0 aromatic carbocycles. The molecule has 2 amide bonds. The number of alkyl halides is 3. The molecule has 13 heteroatoms. The summed E-state index contributed by atoms with van der Waals surface area (Å²) in [4.78, 5) is 34.7. The molecule has 1 atom stereocenters. The molecule has 0 fully saturated rings. The van der Waals surface area contributed by atoms with Crippen LogP contribution in [0.4, 0.5) is 30.5 Å². The van der Waals surface area contributed by atoms with Gasteiger partial charge in [0.1, 0.15) is 11.9 Å². The Kier molecular flexibility index (Phi) is 6.75. The summed E-state index contributed by atoms with van der Waals surface area (Å²) < 4.78 is 41.0. The van der Waals surface area contributed by atoms with Crippen LogP contribution < -0.4 is 26.8 Å². The number of rotatable bonds is 9. The van der Waals surface area contributed by atoms with Crippen LogP contribution in [-0.4, -0.2) is 45.6 Å². The van der Waals surface area contributed by atoms with Crippen LogP contribution >= 0.6 is 0 Å². The second-order valence-electron chi connectivity index (χ2n) is 5.74. The minimum Gasteiger partial charge on any atom is -0.468 e. The maximum absolute atomic E-state index is 12.2. The van der Waals surface area contributed by atoms with Gasteiger partial charge in [-0.15, -0.1) is 0 Å². The minimum atomic E-state index is -4.49. The topological polar surface area (TPSA) is 158 Å². The molecule has 10 nitrogen and oxygen atoms in total. The van der Waals surface area contributed by atoms with Gasteiger partial charge in [-0.25, -0.2) is 15.0 Å². The molecule has 0 aliphatic rings. The molecule has 0 aliphatic carbocycles. The lowest BCUT2D eigenvalue weighted by Gasteiger charge is -2.15. The van der Waals surface area contributed by atoms with Gasteiger partial charge in [-0.05, 0) is 12.5 Å². The highest BCUT2D eigenvalue weighted by atomic mass is 19.4. The molecule has 2 aromatic rings. The van der Waals surface area contributed by atoms with Crippen molar-refractivity contribution >= 4 is 29.1 Å². The van der Waals surface area contributed by atoms with E-state index in [4.69, 9.17) is 11.5 Å². The minimum absolute atomic E-state index is 0.0485. The van der Waals surface area contributed by atoms with Gasteiger partial charge in [-0.2, -0.15) is 13.2 Å². The van der Waals surface area contributed by atoms with E-state index >= 15 is 0 Å². The Bertz CT molecular complexity index is 875. The van der Waals surface area contributed by atoms with Crippen molar-refractivity contribution in [3.8, 4) is 5.88 Å². The molecule has 0 saturated heterocycles. The lowest BCUT2D eigenvalue weighted by Crippen LogP contribution is -2.35. The number of nitrogens with one attached hydrogen (secondary N) is 2. The van der Waals surface area contributed by atoms with Crippen molar-refractivity contribution in [3.05, 3.63) is 30.2 Å². The molecular weight excluding hydrogens is 395 g/mol. The van der Waals surface area contributed by atoms with Crippen molar-refractivity contribution in [1.82, 2.24) is 15.0 Å². The summed E-state index contributed by atoms with van der Waals surface area (Å²) in [5.41, 5.74) is 10.6. The lowest BCUT2D eigenvalue weighted by atomic mass is 10.2. The zero-order valence-corrected chi connectivity index (χ0v) is 15.2. The molecule has 0 radical (unpaired) electrons. The fourth-order valence-corrected chi connectivity index (χ4v) is 2.11. The third-order valence-corrected chi connectivity index (χ3v) is 3.46. The summed E-state index contributed by atoms with van der Waals surface area (Å²) in [6, 6.07) is 1.86. The van der Waals surface area contributed by atoms with Crippen molar-refractivity contribution in [3.63, 3.8) is 0 Å². The molecule has 0 unspecified atom stereocenters. The van der Waals surface area contributed by atoms with Crippen LogP contribution in [0.1, 0.15) is 23.8 Å². The normalized spacial score (nSPS) is 12.1. The first-order valence-electron chi connectivity index (χ1n) is 8.24. The number of nitrogens with two attached hydrogens (primary N) is 2. The average Bonchev–Trinajstić information content (AvgIpc) is 2.64. The molecule has 29 heavy (non-hydrogen) atoms. The van der Waals surface area contributed by atoms with E-state index < -0.39 is 30.6 Å². The summed E-state index contributed by atoms with van der Waals surface area (Å²) in [7, 11) is 0. The smallest absolute Gasteiger partial charge is 0.422 e. The largest absolute Gasteiger partial charge is 0.468 e. The standard InChI is InChI=1S/C16H18F3N7O3/c1-2-9(13(20)27)25-10-6-23-12(14(21)28)15(26-10)24-8-3-4-11(22-5-8)29-7-16(17,18)19/h3-6,9H,2,7H2,1H3,(H2,20,27)(H2,21,28)(H2,24,25,26)/t9-/m1/s1. The van der Waals surface area contributed by atoms with Gasteiger partial charge in [-0.1, -0.05) is 6.92 Å². The van der Waals surface area contributed by atoms with Crippen molar-refractivity contribution in [1.29, 1.82) is 0 Å². The monoisotopic (exact) mass is 413 g/mol. The number of ether oxygens (including phenoxy) is 1. The van der Waals surface area contributed by atoms with Gasteiger partial charge >= 0.3 is 6.18 Å². The first-order valence-corrected chi connectivity index (χ1v) is 8.24. The molecule has 2 aromatic heterocycles. The fourth-order valence-electron chi connectivity index (χ4n) is 2.11.